The van der Waals surface area contributed by atoms with Gasteiger partial charge in [0, 0.05) is 14.5 Å². The molecule has 1 N–H and O–H groups in total. The van der Waals surface area contributed by atoms with Crippen molar-refractivity contribution >= 4 is 31.9 Å². The lowest BCUT2D eigenvalue weighted by Crippen LogP contribution is -2.01. The lowest BCUT2D eigenvalue weighted by molar-refractivity contribution is 0.219. The number of halogens is 2. The number of rotatable bonds is 3. The lowest BCUT2D eigenvalue weighted by Gasteiger charge is -2.15. The van der Waals surface area contributed by atoms with Gasteiger partial charge in [-0.3, -0.25) is 0 Å². The topological polar surface area (TPSA) is 29.5 Å². The van der Waals surface area contributed by atoms with Crippen molar-refractivity contribution < 1.29 is 9.84 Å². The van der Waals surface area contributed by atoms with Gasteiger partial charge in [0.25, 0.3) is 0 Å². The maximum Gasteiger partial charge on any atom is 0.121 e. The molecule has 0 radical (unpaired) electrons. The van der Waals surface area contributed by atoms with Gasteiger partial charge in [-0.15, -0.1) is 0 Å². The van der Waals surface area contributed by atoms with Crippen molar-refractivity contribution in [3.05, 3.63) is 62.0 Å². The van der Waals surface area contributed by atoms with Gasteiger partial charge in [0.15, 0.2) is 0 Å². The van der Waals surface area contributed by atoms with Gasteiger partial charge in [-0.2, -0.15) is 0 Å². The van der Waals surface area contributed by atoms with Crippen LogP contribution in [0.5, 0.6) is 5.75 Å². The van der Waals surface area contributed by atoms with Crippen molar-refractivity contribution in [3.63, 3.8) is 0 Å². The van der Waals surface area contributed by atoms with E-state index in [2.05, 4.69) is 31.9 Å². The lowest BCUT2D eigenvalue weighted by atomic mass is 10.00. The van der Waals surface area contributed by atoms with E-state index in [-0.39, 0.29) is 0 Å². The summed E-state index contributed by atoms with van der Waals surface area (Å²) in [5, 5.41) is 10.5. The Morgan fingerprint density at radius 1 is 1.11 bits per heavy atom. The minimum Gasteiger partial charge on any atom is -0.496 e. The molecule has 0 bridgehead atoms. The molecule has 0 aliphatic heterocycles. The van der Waals surface area contributed by atoms with Gasteiger partial charge in [-0.25, -0.2) is 0 Å². The van der Waals surface area contributed by atoms with E-state index in [1.807, 2.05) is 43.3 Å². The number of aliphatic hydroxyl groups excluding tert-OH is 1. The molecule has 0 heterocycles. The van der Waals surface area contributed by atoms with E-state index in [4.69, 9.17) is 4.74 Å². The third-order valence-corrected chi connectivity index (χ3v) is 4.20. The summed E-state index contributed by atoms with van der Waals surface area (Å²) in [6.45, 7) is 1.96. The number of methoxy groups -OCH3 is 1. The Labute approximate surface area is 129 Å². The molecule has 2 aromatic rings. The molecule has 0 fully saturated rings. The van der Waals surface area contributed by atoms with Gasteiger partial charge < -0.3 is 9.84 Å². The first-order valence-corrected chi connectivity index (χ1v) is 7.39. The Hall–Kier alpha value is -0.840. The van der Waals surface area contributed by atoms with Crippen LogP contribution >= 0.6 is 31.9 Å². The molecule has 19 heavy (non-hydrogen) atoms. The molecule has 100 valence electrons. The third kappa shape index (κ3) is 3.19. The van der Waals surface area contributed by atoms with Crippen LogP contribution in [0.2, 0.25) is 0 Å². The SMILES string of the molecule is COc1ccc(C(O)c2cc(Br)ccc2Br)cc1C. The highest BCUT2D eigenvalue weighted by molar-refractivity contribution is 9.11. The van der Waals surface area contributed by atoms with Crippen molar-refractivity contribution in [1.29, 1.82) is 0 Å². The van der Waals surface area contributed by atoms with Crippen molar-refractivity contribution in [3.8, 4) is 5.75 Å². The Morgan fingerprint density at radius 3 is 2.47 bits per heavy atom. The van der Waals surface area contributed by atoms with E-state index in [0.717, 1.165) is 31.4 Å². The van der Waals surface area contributed by atoms with Crippen LogP contribution in [-0.4, -0.2) is 12.2 Å². The summed E-state index contributed by atoms with van der Waals surface area (Å²) in [4.78, 5) is 0. The molecule has 0 spiro atoms. The van der Waals surface area contributed by atoms with Gasteiger partial charge in [0.1, 0.15) is 11.9 Å². The number of aryl methyl sites for hydroxylation is 1. The number of hydrogen-bond acceptors (Lipinski definition) is 2. The predicted molar refractivity (Wildman–Crippen MR) is 83.6 cm³/mol. The van der Waals surface area contributed by atoms with Crippen LogP contribution in [0.4, 0.5) is 0 Å². The normalized spacial score (nSPS) is 12.3. The van der Waals surface area contributed by atoms with E-state index in [9.17, 15) is 5.11 Å². The minimum absolute atomic E-state index is 0.670. The highest BCUT2D eigenvalue weighted by atomic mass is 79.9. The minimum atomic E-state index is -0.670. The summed E-state index contributed by atoms with van der Waals surface area (Å²) >= 11 is 6.89. The Bertz CT molecular complexity index is 597. The first kappa shape index (κ1) is 14.6. The molecule has 1 atom stereocenters. The monoisotopic (exact) mass is 384 g/mol. The smallest absolute Gasteiger partial charge is 0.121 e. The second-order valence-electron chi connectivity index (χ2n) is 4.30. The quantitative estimate of drug-likeness (QED) is 0.835. The third-order valence-electron chi connectivity index (χ3n) is 2.99. The largest absolute Gasteiger partial charge is 0.496 e. The zero-order valence-corrected chi connectivity index (χ0v) is 13.8. The molecule has 2 aromatic carbocycles. The van der Waals surface area contributed by atoms with Crippen LogP contribution in [0.3, 0.4) is 0 Å². The molecule has 2 rings (SSSR count). The van der Waals surface area contributed by atoms with E-state index in [1.165, 1.54) is 0 Å². The maximum absolute atomic E-state index is 10.5. The van der Waals surface area contributed by atoms with Crippen molar-refractivity contribution in [2.45, 2.75) is 13.0 Å². The van der Waals surface area contributed by atoms with E-state index >= 15 is 0 Å². The van der Waals surface area contributed by atoms with Crippen LogP contribution in [-0.2, 0) is 0 Å². The fraction of sp³-hybridized carbons (Fsp3) is 0.200. The van der Waals surface area contributed by atoms with Gasteiger partial charge >= 0.3 is 0 Å². The number of benzene rings is 2. The zero-order chi connectivity index (χ0) is 14.0. The maximum atomic E-state index is 10.5. The second-order valence-corrected chi connectivity index (χ2v) is 6.07. The molecule has 0 aliphatic rings. The molecule has 0 amide bonds. The highest BCUT2D eigenvalue weighted by Gasteiger charge is 2.15. The summed E-state index contributed by atoms with van der Waals surface area (Å²) in [5.74, 6) is 0.823. The molecule has 4 heteroatoms. The van der Waals surface area contributed by atoms with Crippen LogP contribution in [0.25, 0.3) is 0 Å². The molecule has 2 nitrogen and oxygen atoms in total. The standard InChI is InChI=1S/C15H14Br2O2/c1-9-7-10(3-6-14(9)19-2)15(18)12-8-11(16)4-5-13(12)17/h3-8,15,18H,1-2H3. The number of hydrogen-bond donors (Lipinski definition) is 1. The van der Waals surface area contributed by atoms with Gasteiger partial charge in [0.2, 0.25) is 0 Å². The average molecular weight is 386 g/mol. The van der Waals surface area contributed by atoms with Crippen molar-refractivity contribution in [2.75, 3.05) is 7.11 Å². The van der Waals surface area contributed by atoms with Crippen molar-refractivity contribution in [1.82, 2.24) is 0 Å². The zero-order valence-electron chi connectivity index (χ0n) is 10.7. The first-order valence-electron chi connectivity index (χ1n) is 5.80. The van der Waals surface area contributed by atoms with Gasteiger partial charge in [-0.05, 0) is 48.4 Å². The van der Waals surface area contributed by atoms with Crippen LogP contribution in [0.15, 0.2) is 45.3 Å². The summed E-state index contributed by atoms with van der Waals surface area (Å²) in [6, 6.07) is 11.5. The van der Waals surface area contributed by atoms with Gasteiger partial charge in [0.05, 0.1) is 7.11 Å². The van der Waals surface area contributed by atoms with E-state index < -0.39 is 6.10 Å². The van der Waals surface area contributed by atoms with Crippen LogP contribution < -0.4 is 4.74 Å². The molecule has 1 unspecified atom stereocenters. The van der Waals surface area contributed by atoms with Crippen LogP contribution in [0, 0.1) is 6.92 Å². The molecule has 0 aliphatic carbocycles. The van der Waals surface area contributed by atoms with Crippen LogP contribution in [0.1, 0.15) is 22.8 Å². The fourth-order valence-electron chi connectivity index (χ4n) is 1.98. The second kappa shape index (κ2) is 6.07. The molecule has 0 saturated heterocycles. The van der Waals surface area contributed by atoms with Gasteiger partial charge in [-0.1, -0.05) is 37.9 Å². The fourth-order valence-corrected chi connectivity index (χ4v) is 2.82. The summed E-state index contributed by atoms with van der Waals surface area (Å²) in [5.41, 5.74) is 2.68. The summed E-state index contributed by atoms with van der Waals surface area (Å²) in [7, 11) is 1.64. The van der Waals surface area contributed by atoms with E-state index in [1.54, 1.807) is 7.11 Å². The van der Waals surface area contributed by atoms with Crippen molar-refractivity contribution in [2.24, 2.45) is 0 Å². The Morgan fingerprint density at radius 2 is 1.84 bits per heavy atom. The Balaban J connectivity index is 2.41. The Kier molecular flexibility index (Phi) is 4.66. The van der Waals surface area contributed by atoms with E-state index in [0.29, 0.717) is 0 Å². The highest BCUT2D eigenvalue weighted by Crippen LogP contribution is 2.32. The number of aliphatic hydroxyl groups is 1. The molecular weight excluding hydrogens is 372 g/mol. The first-order chi connectivity index (χ1) is 9.02. The molecule has 0 aromatic heterocycles. The average Bonchev–Trinajstić information content (AvgIpc) is 2.40. The predicted octanol–water partition coefficient (Wildman–Crippen LogP) is 4.61. The summed E-state index contributed by atoms with van der Waals surface area (Å²) in [6.07, 6.45) is -0.670. The number of ether oxygens (including phenoxy) is 1. The summed E-state index contributed by atoms with van der Waals surface area (Å²) < 4.78 is 7.06. The molecular formula is C15H14Br2O2. The molecule has 0 saturated carbocycles.